The minimum absolute atomic E-state index is 0.115. The van der Waals surface area contributed by atoms with E-state index in [1.54, 1.807) is 22.3 Å². The fourth-order valence-corrected chi connectivity index (χ4v) is 15.2. The van der Waals surface area contributed by atoms with Crippen molar-refractivity contribution in [3.05, 3.63) is 150 Å². The quantitative estimate of drug-likeness (QED) is 0.181. The van der Waals surface area contributed by atoms with Gasteiger partial charge in [0.15, 0.2) is 0 Å². The van der Waals surface area contributed by atoms with Gasteiger partial charge in [-0.3, -0.25) is 0 Å². The van der Waals surface area contributed by atoms with Crippen molar-refractivity contribution in [3.63, 3.8) is 0 Å². The highest BCUT2D eigenvalue weighted by Gasteiger charge is 2.62. The van der Waals surface area contributed by atoms with Crippen molar-refractivity contribution in [3.8, 4) is 22.3 Å². The third-order valence-corrected chi connectivity index (χ3v) is 16.7. The van der Waals surface area contributed by atoms with Crippen molar-refractivity contribution in [2.24, 2.45) is 35.5 Å². The number of furan rings is 1. The average molecular weight is 712 g/mol. The third kappa shape index (κ3) is 3.64. The summed E-state index contributed by atoms with van der Waals surface area (Å²) in [7, 11) is 0. The van der Waals surface area contributed by atoms with Gasteiger partial charge in [-0.05, 0) is 168 Å². The average Bonchev–Trinajstić information content (AvgIpc) is 4.04. The number of hydrogen-bond donors (Lipinski definition) is 0. The first-order valence-corrected chi connectivity index (χ1v) is 21.4. The lowest BCUT2D eigenvalue weighted by Crippen LogP contribution is -2.55. The third-order valence-electron chi connectivity index (χ3n) is 16.7. The second-order valence-corrected chi connectivity index (χ2v) is 18.9. The largest absolute Gasteiger partial charge is 0.456 e. The zero-order valence-electron chi connectivity index (χ0n) is 31.3. The highest BCUT2D eigenvalue weighted by atomic mass is 16.3. The van der Waals surface area contributed by atoms with Gasteiger partial charge < -0.3 is 9.32 Å². The molecule has 268 valence electrons. The summed E-state index contributed by atoms with van der Waals surface area (Å²) in [5.41, 5.74) is 18.2. The summed E-state index contributed by atoms with van der Waals surface area (Å²) in [6, 6.07) is 49.5. The molecule has 6 bridgehead atoms. The minimum atomic E-state index is 0.115. The molecule has 0 aliphatic heterocycles. The van der Waals surface area contributed by atoms with E-state index in [2.05, 4.69) is 132 Å². The molecule has 0 radical (unpaired) electrons. The van der Waals surface area contributed by atoms with E-state index < -0.39 is 0 Å². The maximum atomic E-state index is 6.42. The van der Waals surface area contributed by atoms with Gasteiger partial charge >= 0.3 is 0 Å². The lowest BCUT2D eigenvalue weighted by Gasteiger charge is -2.61. The van der Waals surface area contributed by atoms with Crippen LogP contribution >= 0.6 is 0 Å². The SMILES string of the molecule is c1ccc2c(c1)-c1c(N(c3ccc4c(c3)C3(c5ccccc5-4)C4CC5CC(C4)CC3C5)c3ccc4oc5ccccc5c4c3)cccc1C21CC2CCC1C2. The summed E-state index contributed by atoms with van der Waals surface area (Å²) in [5.74, 6) is 4.88. The molecule has 1 aromatic heterocycles. The predicted octanol–water partition coefficient (Wildman–Crippen LogP) is 13.9. The molecule has 6 aromatic carbocycles. The van der Waals surface area contributed by atoms with E-state index >= 15 is 0 Å². The lowest BCUT2D eigenvalue weighted by molar-refractivity contribution is -0.0399. The number of benzene rings is 6. The molecule has 1 heterocycles. The van der Waals surface area contributed by atoms with E-state index in [4.69, 9.17) is 4.42 Å². The number of anilines is 3. The molecule has 2 spiro atoms. The van der Waals surface area contributed by atoms with Crippen molar-refractivity contribution in [2.75, 3.05) is 4.90 Å². The zero-order valence-corrected chi connectivity index (χ0v) is 31.3. The molecule has 6 fully saturated rings. The second-order valence-electron chi connectivity index (χ2n) is 18.9. The van der Waals surface area contributed by atoms with E-state index in [1.807, 2.05) is 0 Å². The van der Waals surface area contributed by atoms with E-state index in [0.717, 1.165) is 46.7 Å². The molecular weight excluding hydrogens is 667 g/mol. The van der Waals surface area contributed by atoms with E-state index in [1.165, 1.54) is 108 Å². The second kappa shape index (κ2) is 10.4. The van der Waals surface area contributed by atoms with Crippen molar-refractivity contribution in [1.29, 1.82) is 0 Å². The minimum Gasteiger partial charge on any atom is -0.456 e. The van der Waals surface area contributed by atoms with Gasteiger partial charge in [0, 0.05) is 38.5 Å². The fourth-order valence-electron chi connectivity index (χ4n) is 15.2. The van der Waals surface area contributed by atoms with Crippen molar-refractivity contribution in [1.82, 2.24) is 0 Å². The van der Waals surface area contributed by atoms with Crippen LogP contribution in [0.2, 0.25) is 0 Å². The first-order chi connectivity index (χ1) is 27.2. The molecule has 7 aromatic rings. The Labute approximate surface area is 323 Å². The van der Waals surface area contributed by atoms with Crippen LogP contribution in [-0.2, 0) is 10.8 Å². The standard InChI is InChI=1S/C53H45NO/c1-5-12-45-39(8-1)40-20-18-38(29-47(40)53(45)35-24-32-22-33(26-35)27-36(53)25-32)54(37-19-21-50-43(28-37)41-9-3-6-15-49(41)55-50)48-14-7-13-46-51(48)42-10-2-4-11-44(42)52(46)30-31-16-17-34(52)23-31/h1-15,18-21,28-29,31-36H,16-17,22-27,30H2. The van der Waals surface area contributed by atoms with Gasteiger partial charge in [-0.15, -0.1) is 0 Å². The number of fused-ring (bicyclic) bond motifs is 14. The highest BCUT2D eigenvalue weighted by Crippen LogP contribution is 2.70. The molecule has 3 unspecified atom stereocenters. The molecule has 8 aliphatic rings. The molecule has 2 heteroatoms. The molecule has 6 saturated carbocycles. The molecule has 0 N–H and O–H groups in total. The van der Waals surface area contributed by atoms with Crippen molar-refractivity contribution in [2.45, 2.75) is 68.6 Å². The van der Waals surface area contributed by atoms with Gasteiger partial charge in [0.05, 0.1) is 5.69 Å². The highest BCUT2D eigenvalue weighted by molar-refractivity contribution is 6.07. The normalized spacial score (nSPS) is 31.1. The maximum Gasteiger partial charge on any atom is 0.135 e. The molecule has 8 aliphatic carbocycles. The summed E-state index contributed by atoms with van der Waals surface area (Å²) in [5, 5.41) is 2.36. The zero-order chi connectivity index (χ0) is 35.6. The smallest absolute Gasteiger partial charge is 0.135 e. The Morgan fingerprint density at radius 1 is 0.473 bits per heavy atom. The van der Waals surface area contributed by atoms with Crippen LogP contribution in [0.15, 0.2) is 132 Å². The van der Waals surface area contributed by atoms with Crippen LogP contribution in [-0.4, -0.2) is 0 Å². The van der Waals surface area contributed by atoms with Gasteiger partial charge in [0.1, 0.15) is 11.2 Å². The number of rotatable bonds is 3. The summed E-state index contributed by atoms with van der Waals surface area (Å²) < 4.78 is 6.42. The molecule has 2 nitrogen and oxygen atoms in total. The fraction of sp³-hybridized carbons (Fsp3) is 0.321. The Morgan fingerprint density at radius 2 is 1.15 bits per heavy atom. The topological polar surface area (TPSA) is 16.4 Å². The predicted molar refractivity (Wildman–Crippen MR) is 223 cm³/mol. The van der Waals surface area contributed by atoms with Crippen LogP contribution in [0.1, 0.15) is 80.0 Å². The monoisotopic (exact) mass is 711 g/mol. The Kier molecular flexibility index (Phi) is 5.71. The molecular formula is C53H45NO. The summed E-state index contributed by atoms with van der Waals surface area (Å²) >= 11 is 0. The number of nitrogens with zero attached hydrogens (tertiary/aromatic N) is 1. The van der Waals surface area contributed by atoms with Crippen LogP contribution in [0, 0.1) is 35.5 Å². The summed E-state index contributed by atoms with van der Waals surface area (Å²) in [6.07, 6.45) is 12.5. The van der Waals surface area contributed by atoms with Gasteiger partial charge in [-0.2, -0.15) is 0 Å². The molecule has 0 amide bonds. The van der Waals surface area contributed by atoms with Gasteiger partial charge in [0.2, 0.25) is 0 Å². The summed E-state index contributed by atoms with van der Waals surface area (Å²) in [4.78, 5) is 2.65. The van der Waals surface area contributed by atoms with Crippen LogP contribution in [0.3, 0.4) is 0 Å². The lowest BCUT2D eigenvalue weighted by atomic mass is 9.43. The Bertz CT molecular complexity index is 2760. The van der Waals surface area contributed by atoms with Crippen molar-refractivity contribution >= 4 is 39.0 Å². The Morgan fingerprint density at radius 3 is 1.96 bits per heavy atom. The molecule has 55 heavy (non-hydrogen) atoms. The Hall–Kier alpha value is -5.08. The number of para-hydroxylation sites is 1. The van der Waals surface area contributed by atoms with Crippen LogP contribution in [0.4, 0.5) is 17.1 Å². The molecule has 15 rings (SSSR count). The summed E-state index contributed by atoms with van der Waals surface area (Å²) in [6.45, 7) is 0. The van der Waals surface area contributed by atoms with Gasteiger partial charge in [0.25, 0.3) is 0 Å². The van der Waals surface area contributed by atoms with Gasteiger partial charge in [-0.25, -0.2) is 0 Å². The van der Waals surface area contributed by atoms with Crippen LogP contribution < -0.4 is 4.90 Å². The van der Waals surface area contributed by atoms with E-state index in [0.29, 0.717) is 0 Å². The Balaban J connectivity index is 1.04. The molecule has 0 saturated heterocycles. The van der Waals surface area contributed by atoms with Gasteiger partial charge in [-0.1, -0.05) is 91.3 Å². The first kappa shape index (κ1) is 30.2. The van der Waals surface area contributed by atoms with E-state index in [-0.39, 0.29) is 10.8 Å². The molecule has 3 atom stereocenters. The first-order valence-electron chi connectivity index (χ1n) is 21.4. The van der Waals surface area contributed by atoms with Crippen LogP contribution in [0.25, 0.3) is 44.2 Å². The number of hydrogen-bond acceptors (Lipinski definition) is 2. The van der Waals surface area contributed by atoms with Crippen LogP contribution in [0.5, 0.6) is 0 Å². The van der Waals surface area contributed by atoms with E-state index in [9.17, 15) is 0 Å². The van der Waals surface area contributed by atoms with Crippen molar-refractivity contribution < 1.29 is 4.42 Å². The maximum absolute atomic E-state index is 6.42.